The minimum Gasteiger partial charge on any atom is -0.376 e. The zero-order valence-corrected chi connectivity index (χ0v) is 22.6. The van der Waals surface area contributed by atoms with Crippen LogP contribution in [-0.2, 0) is 28.7 Å². The van der Waals surface area contributed by atoms with Gasteiger partial charge in [0.15, 0.2) is 0 Å². The second-order valence-electron chi connectivity index (χ2n) is 12.5. The Morgan fingerprint density at radius 2 is 1.79 bits per heavy atom. The Kier molecular flexibility index (Phi) is 6.97. The third-order valence-corrected chi connectivity index (χ3v) is 9.19. The molecule has 39 heavy (non-hydrogen) atoms. The van der Waals surface area contributed by atoms with Gasteiger partial charge in [0.05, 0.1) is 5.60 Å². The van der Waals surface area contributed by atoms with Crippen molar-refractivity contribution in [2.24, 2.45) is 28.9 Å². The molecule has 2 saturated carbocycles. The number of fused-ring (bicyclic) bond motifs is 1. The molecule has 0 aromatic rings. The van der Waals surface area contributed by atoms with Crippen LogP contribution in [0, 0.1) is 23.2 Å². The predicted octanol–water partition coefficient (Wildman–Crippen LogP) is -0.0296. The molecule has 0 unspecified atom stereocenters. The average Bonchev–Trinajstić information content (AvgIpc) is 3.54. The van der Waals surface area contributed by atoms with E-state index in [-0.39, 0.29) is 41.7 Å². The first kappa shape index (κ1) is 29.1. The van der Waals surface area contributed by atoms with E-state index in [0.29, 0.717) is 6.42 Å². The standard InChI is InChI=1S/C25H36F3N5O6/c1-22(2)12-10-33(20(37)16(23(3,4)39-5)31-21(38)25(26,27)28)15(14(12)22)19(36)30-13(17(29)34)8-11-9-24(6-7-24)32-18(11)35/h11-16H,6-10H2,1-5H3,(H2,29,34)(H,30,36)(H,31,38)(H,32,35)/t11-,12+,13+,14+,15+,16-/m1/s1. The number of ether oxygens (including phenoxy) is 1. The molecular weight excluding hydrogens is 523 g/mol. The summed E-state index contributed by atoms with van der Waals surface area (Å²) in [4.78, 5) is 64.9. The molecule has 4 aliphatic rings. The van der Waals surface area contributed by atoms with Gasteiger partial charge in [-0.05, 0) is 56.8 Å². The molecule has 11 nitrogen and oxygen atoms in total. The van der Waals surface area contributed by atoms with Gasteiger partial charge in [0.25, 0.3) is 0 Å². The molecule has 2 aliphatic carbocycles. The number of nitrogens with one attached hydrogen (secondary N) is 3. The lowest BCUT2D eigenvalue weighted by atomic mass is 9.93. The molecule has 2 aliphatic heterocycles. The van der Waals surface area contributed by atoms with Crippen molar-refractivity contribution >= 4 is 29.5 Å². The summed E-state index contributed by atoms with van der Waals surface area (Å²) in [5.41, 5.74) is 3.44. The summed E-state index contributed by atoms with van der Waals surface area (Å²) < 4.78 is 44.5. The first-order valence-electron chi connectivity index (χ1n) is 13.0. The number of hydrogen-bond donors (Lipinski definition) is 4. The highest BCUT2D eigenvalue weighted by atomic mass is 19.4. The summed E-state index contributed by atoms with van der Waals surface area (Å²) in [6, 6.07) is -4.06. The van der Waals surface area contributed by atoms with E-state index in [4.69, 9.17) is 10.5 Å². The molecule has 1 spiro atoms. The number of rotatable bonds is 9. The van der Waals surface area contributed by atoms with Crippen LogP contribution >= 0.6 is 0 Å². The normalized spacial score (nSPS) is 29.7. The molecule has 218 valence electrons. The molecule has 0 bridgehead atoms. The van der Waals surface area contributed by atoms with Gasteiger partial charge in [-0.1, -0.05) is 13.8 Å². The fourth-order valence-corrected chi connectivity index (χ4v) is 6.28. The number of nitrogens with two attached hydrogens (primary N) is 1. The summed E-state index contributed by atoms with van der Waals surface area (Å²) in [5, 5.41) is 7.26. The van der Waals surface area contributed by atoms with Crippen molar-refractivity contribution in [1.82, 2.24) is 20.9 Å². The zero-order valence-electron chi connectivity index (χ0n) is 22.6. The first-order valence-corrected chi connectivity index (χ1v) is 13.0. The SMILES string of the molecule is COC(C)(C)[C@H](NC(=O)C(F)(F)F)C(=O)N1C[C@H]2[C@@H]([C@H]1C(=O)N[C@@H](C[C@@H]1CC3(CC3)NC1=O)C(N)=O)C2(C)C. The number of methoxy groups -OCH3 is 1. The monoisotopic (exact) mass is 559 g/mol. The number of nitrogens with zero attached hydrogens (tertiary/aromatic N) is 1. The van der Waals surface area contributed by atoms with Gasteiger partial charge in [-0.3, -0.25) is 24.0 Å². The third kappa shape index (κ3) is 5.31. The molecular formula is C25H36F3N5O6. The van der Waals surface area contributed by atoms with Gasteiger partial charge in [-0.2, -0.15) is 13.2 Å². The molecule has 0 aromatic heterocycles. The summed E-state index contributed by atoms with van der Waals surface area (Å²) in [5.74, 6) is -5.93. The van der Waals surface area contributed by atoms with Crippen LogP contribution in [0.15, 0.2) is 0 Å². The van der Waals surface area contributed by atoms with Gasteiger partial charge in [0, 0.05) is 25.1 Å². The Hall–Kier alpha value is -2.90. The van der Waals surface area contributed by atoms with Gasteiger partial charge in [-0.25, -0.2) is 0 Å². The molecule has 2 heterocycles. The van der Waals surface area contributed by atoms with Crippen LogP contribution in [0.2, 0.25) is 0 Å². The zero-order chi connectivity index (χ0) is 29.3. The van der Waals surface area contributed by atoms with E-state index in [9.17, 15) is 37.1 Å². The largest absolute Gasteiger partial charge is 0.471 e. The Morgan fingerprint density at radius 1 is 1.18 bits per heavy atom. The first-order chi connectivity index (χ1) is 17.8. The highest BCUT2D eigenvalue weighted by molar-refractivity contribution is 5.96. The van der Waals surface area contributed by atoms with Gasteiger partial charge in [0.1, 0.15) is 18.1 Å². The lowest BCUT2D eigenvalue weighted by molar-refractivity contribution is -0.178. The highest BCUT2D eigenvalue weighted by Crippen LogP contribution is 2.65. The second-order valence-corrected chi connectivity index (χ2v) is 12.5. The van der Waals surface area contributed by atoms with Gasteiger partial charge in [0.2, 0.25) is 23.6 Å². The van der Waals surface area contributed by atoms with E-state index in [2.05, 4.69) is 10.6 Å². The molecule has 5 N–H and O–H groups in total. The molecule has 2 saturated heterocycles. The Morgan fingerprint density at radius 3 is 2.28 bits per heavy atom. The Balaban J connectivity index is 1.55. The molecule has 0 aromatic carbocycles. The van der Waals surface area contributed by atoms with E-state index in [1.165, 1.54) is 21.0 Å². The van der Waals surface area contributed by atoms with Gasteiger partial charge in [-0.15, -0.1) is 0 Å². The van der Waals surface area contributed by atoms with Crippen LogP contribution in [0.5, 0.6) is 0 Å². The number of alkyl halides is 3. The third-order valence-electron chi connectivity index (χ3n) is 9.19. The molecule has 4 rings (SSSR count). The van der Waals surface area contributed by atoms with E-state index < -0.39 is 59.4 Å². The summed E-state index contributed by atoms with van der Waals surface area (Å²) >= 11 is 0. The number of piperidine rings is 1. The van der Waals surface area contributed by atoms with Crippen LogP contribution in [0.1, 0.15) is 53.4 Å². The van der Waals surface area contributed by atoms with E-state index in [0.717, 1.165) is 17.7 Å². The number of likely N-dealkylation sites (tertiary alicyclic amines) is 1. The number of halogens is 3. The number of carbonyl (C=O) groups is 5. The van der Waals surface area contributed by atoms with E-state index >= 15 is 0 Å². The van der Waals surface area contributed by atoms with Crippen molar-refractivity contribution in [2.75, 3.05) is 13.7 Å². The van der Waals surface area contributed by atoms with Crippen LogP contribution in [-0.4, -0.2) is 83.5 Å². The number of primary amides is 1. The number of amides is 5. The summed E-state index contributed by atoms with van der Waals surface area (Å²) in [7, 11) is 1.19. The fraction of sp³-hybridized carbons (Fsp3) is 0.800. The fourth-order valence-electron chi connectivity index (χ4n) is 6.28. The summed E-state index contributed by atoms with van der Waals surface area (Å²) in [6.07, 6.45) is -3.01. The van der Waals surface area contributed by atoms with Crippen LogP contribution in [0.25, 0.3) is 0 Å². The van der Waals surface area contributed by atoms with Crippen molar-refractivity contribution in [3.63, 3.8) is 0 Å². The maximum Gasteiger partial charge on any atom is 0.471 e. The second kappa shape index (κ2) is 9.34. The van der Waals surface area contributed by atoms with Crippen molar-refractivity contribution in [2.45, 2.75) is 88.8 Å². The summed E-state index contributed by atoms with van der Waals surface area (Å²) in [6.45, 7) is 6.60. The lowest BCUT2D eigenvalue weighted by Gasteiger charge is -2.38. The molecule has 5 amide bonds. The average molecular weight is 560 g/mol. The topological polar surface area (TPSA) is 160 Å². The van der Waals surface area contributed by atoms with Gasteiger partial charge < -0.3 is 31.3 Å². The Labute approximate surface area is 224 Å². The van der Waals surface area contributed by atoms with E-state index in [1.807, 2.05) is 13.8 Å². The van der Waals surface area contributed by atoms with Crippen molar-refractivity contribution in [3.8, 4) is 0 Å². The number of hydrogen-bond acceptors (Lipinski definition) is 6. The predicted molar refractivity (Wildman–Crippen MR) is 129 cm³/mol. The minimum atomic E-state index is -5.24. The van der Waals surface area contributed by atoms with Crippen molar-refractivity contribution in [3.05, 3.63) is 0 Å². The lowest BCUT2D eigenvalue weighted by Crippen LogP contribution is -2.64. The Bertz CT molecular complexity index is 1090. The highest BCUT2D eigenvalue weighted by Gasteiger charge is 2.70. The maximum absolute atomic E-state index is 13.7. The van der Waals surface area contributed by atoms with Crippen LogP contribution in [0.3, 0.4) is 0 Å². The minimum absolute atomic E-state index is 0.00617. The maximum atomic E-state index is 13.7. The van der Waals surface area contributed by atoms with Gasteiger partial charge >= 0.3 is 12.1 Å². The van der Waals surface area contributed by atoms with Crippen molar-refractivity contribution in [1.29, 1.82) is 0 Å². The number of carbonyl (C=O) groups excluding carboxylic acids is 5. The molecule has 14 heteroatoms. The van der Waals surface area contributed by atoms with Crippen molar-refractivity contribution < 1.29 is 41.9 Å². The van der Waals surface area contributed by atoms with Crippen LogP contribution < -0.4 is 21.7 Å². The van der Waals surface area contributed by atoms with Crippen LogP contribution in [0.4, 0.5) is 13.2 Å². The molecule has 6 atom stereocenters. The smallest absolute Gasteiger partial charge is 0.376 e. The molecule has 4 fully saturated rings. The van der Waals surface area contributed by atoms with E-state index in [1.54, 1.807) is 5.32 Å². The molecule has 0 radical (unpaired) electrons. The quantitative estimate of drug-likeness (QED) is 0.310.